The summed E-state index contributed by atoms with van der Waals surface area (Å²) in [6.07, 6.45) is 4.05. The van der Waals surface area contributed by atoms with Crippen LogP contribution in [0.4, 0.5) is 17.1 Å². The third kappa shape index (κ3) is 4.06. The highest BCUT2D eigenvalue weighted by atomic mass is 35.5. The Bertz CT molecular complexity index is 943. The maximum Gasteiger partial charge on any atom is 0.221 e. The van der Waals surface area contributed by atoms with Gasteiger partial charge in [-0.3, -0.25) is 9.79 Å². The number of benzene rings is 2. The van der Waals surface area contributed by atoms with Crippen LogP contribution in [0, 0.1) is 0 Å². The molecule has 1 aliphatic heterocycles. The van der Waals surface area contributed by atoms with Crippen LogP contribution in [0.15, 0.2) is 47.5 Å². The van der Waals surface area contributed by atoms with Crippen molar-refractivity contribution < 1.29 is 4.79 Å². The number of amides is 1. The lowest BCUT2D eigenvalue weighted by atomic mass is 9.88. The lowest BCUT2D eigenvalue weighted by Crippen LogP contribution is -2.42. The van der Waals surface area contributed by atoms with E-state index in [9.17, 15) is 4.79 Å². The topological polar surface area (TPSA) is 44.7 Å². The van der Waals surface area contributed by atoms with Gasteiger partial charge >= 0.3 is 0 Å². The molecule has 140 valence electrons. The van der Waals surface area contributed by atoms with Crippen molar-refractivity contribution in [1.29, 1.82) is 0 Å². The van der Waals surface area contributed by atoms with E-state index in [-0.39, 0.29) is 11.4 Å². The molecule has 1 amide bonds. The maximum atomic E-state index is 11.1. The lowest BCUT2D eigenvalue weighted by molar-refractivity contribution is -0.114. The quantitative estimate of drug-likeness (QED) is 0.695. The van der Waals surface area contributed by atoms with E-state index in [1.165, 1.54) is 18.1 Å². The molecule has 0 aliphatic carbocycles. The molecule has 2 aromatic carbocycles. The van der Waals surface area contributed by atoms with Gasteiger partial charge in [0.15, 0.2) is 0 Å². The van der Waals surface area contributed by atoms with Crippen molar-refractivity contribution in [3.05, 3.63) is 58.6 Å². The van der Waals surface area contributed by atoms with Crippen LogP contribution in [0.2, 0.25) is 5.02 Å². The highest BCUT2D eigenvalue weighted by Crippen LogP contribution is 2.40. The molecule has 0 saturated carbocycles. The van der Waals surface area contributed by atoms with Gasteiger partial charge in [-0.1, -0.05) is 17.7 Å². The highest BCUT2D eigenvalue weighted by Gasteiger charge is 2.29. The minimum atomic E-state index is -0.0938. The molecule has 0 unspecified atom stereocenters. The normalized spacial score (nSPS) is 15.5. The van der Waals surface area contributed by atoms with E-state index >= 15 is 0 Å². The zero-order valence-electron chi connectivity index (χ0n) is 16.3. The highest BCUT2D eigenvalue weighted by molar-refractivity contribution is 6.33. The fourth-order valence-corrected chi connectivity index (χ4v) is 3.47. The Morgan fingerprint density at radius 2 is 1.89 bits per heavy atom. The third-order valence-corrected chi connectivity index (χ3v) is 5.20. The molecular formula is C22H24ClN3O. The number of likely N-dealkylation sites (N-methyl/N-ethyl adjacent to an activating group) is 1. The molecule has 1 aliphatic rings. The molecule has 27 heavy (non-hydrogen) atoms. The SMILES string of the molecule is CC(=O)Nc1ccc(N=Cc2cc3c(cc2Cl)N(C)C(C)(C)C=C3C)cc1. The van der Waals surface area contributed by atoms with Crippen molar-refractivity contribution in [1.82, 2.24) is 0 Å². The number of rotatable bonds is 3. The molecule has 5 heteroatoms. The van der Waals surface area contributed by atoms with Crippen LogP contribution < -0.4 is 10.2 Å². The van der Waals surface area contributed by atoms with Crippen molar-refractivity contribution in [2.24, 2.45) is 4.99 Å². The fourth-order valence-electron chi connectivity index (χ4n) is 3.26. The van der Waals surface area contributed by atoms with Gasteiger partial charge in [-0.05, 0) is 62.7 Å². The zero-order chi connectivity index (χ0) is 19.8. The van der Waals surface area contributed by atoms with E-state index in [0.717, 1.165) is 22.6 Å². The number of hydrogen-bond acceptors (Lipinski definition) is 3. The minimum Gasteiger partial charge on any atom is -0.365 e. The first-order valence-electron chi connectivity index (χ1n) is 8.86. The van der Waals surface area contributed by atoms with Gasteiger partial charge in [0.2, 0.25) is 5.91 Å². The molecule has 0 spiro atoms. The van der Waals surface area contributed by atoms with Crippen LogP contribution in [0.25, 0.3) is 5.57 Å². The lowest BCUT2D eigenvalue weighted by Gasteiger charge is -2.40. The number of halogens is 1. The summed E-state index contributed by atoms with van der Waals surface area (Å²) in [5, 5.41) is 3.41. The van der Waals surface area contributed by atoms with Crippen LogP contribution >= 0.6 is 11.6 Å². The van der Waals surface area contributed by atoms with Crippen LogP contribution in [0.5, 0.6) is 0 Å². The number of hydrogen-bond donors (Lipinski definition) is 1. The molecule has 0 saturated heterocycles. The summed E-state index contributed by atoms with van der Waals surface area (Å²) in [6.45, 7) is 7.99. The van der Waals surface area contributed by atoms with Gasteiger partial charge in [0.25, 0.3) is 0 Å². The summed E-state index contributed by atoms with van der Waals surface area (Å²) in [7, 11) is 2.09. The first-order valence-corrected chi connectivity index (χ1v) is 9.24. The average Bonchev–Trinajstić information content (AvgIpc) is 2.59. The summed E-state index contributed by atoms with van der Waals surface area (Å²) < 4.78 is 0. The van der Waals surface area contributed by atoms with Crippen molar-refractivity contribution in [2.45, 2.75) is 33.2 Å². The molecule has 0 radical (unpaired) electrons. The van der Waals surface area contributed by atoms with Gasteiger partial charge in [0.05, 0.1) is 16.2 Å². The smallest absolute Gasteiger partial charge is 0.221 e. The van der Waals surface area contributed by atoms with Gasteiger partial charge in [-0.15, -0.1) is 0 Å². The van der Waals surface area contributed by atoms with Gasteiger partial charge in [-0.25, -0.2) is 0 Å². The predicted molar refractivity (Wildman–Crippen MR) is 116 cm³/mol. The van der Waals surface area contributed by atoms with Gasteiger partial charge in [0, 0.05) is 42.7 Å². The van der Waals surface area contributed by atoms with Crippen molar-refractivity contribution in [3.8, 4) is 0 Å². The standard InChI is InChI=1S/C22H24ClN3O/c1-14-12-22(3,4)26(5)21-11-20(23)16(10-19(14)21)13-24-17-6-8-18(9-7-17)25-15(2)27/h6-13H,1-5H3,(H,25,27). The fraction of sp³-hybridized carbons (Fsp3) is 0.273. The second-order valence-electron chi connectivity index (χ2n) is 7.42. The average molecular weight is 382 g/mol. The molecule has 1 heterocycles. The number of fused-ring (bicyclic) bond motifs is 1. The first kappa shape index (κ1) is 19.2. The van der Waals surface area contributed by atoms with Crippen LogP contribution in [0.1, 0.15) is 38.8 Å². The largest absolute Gasteiger partial charge is 0.365 e. The minimum absolute atomic E-state index is 0.0499. The molecule has 0 fully saturated rings. The molecule has 1 N–H and O–H groups in total. The molecule has 0 aromatic heterocycles. The third-order valence-electron chi connectivity index (χ3n) is 4.88. The number of anilines is 2. The van der Waals surface area contributed by atoms with E-state index < -0.39 is 0 Å². The van der Waals surface area contributed by atoms with Crippen LogP contribution in [0.3, 0.4) is 0 Å². The predicted octanol–water partition coefficient (Wildman–Crippen LogP) is 5.68. The van der Waals surface area contributed by atoms with E-state index in [2.05, 4.69) is 55.2 Å². The Morgan fingerprint density at radius 3 is 2.52 bits per heavy atom. The van der Waals surface area contributed by atoms with Crippen LogP contribution in [-0.2, 0) is 4.79 Å². The number of carbonyl (C=O) groups is 1. The first-order chi connectivity index (χ1) is 12.7. The number of nitrogens with one attached hydrogen (secondary N) is 1. The van der Waals surface area contributed by atoms with E-state index in [1.54, 1.807) is 6.21 Å². The van der Waals surface area contributed by atoms with Crippen molar-refractivity contribution in [3.63, 3.8) is 0 Å². The molecule has 2 aromatic rings. The zero-order valence-corrected chi connectivity index (χ0v) is 17.1. The van der Waals surface area contributed by atoms with Gasteiger partial charge in [-0.2, -0.15) is 0 Å². The summed E-state index contributed by atoms with van der Waals surface area (Å²) in [5.74, 6) is -0.0938. The number of nitrogens with zero attached hydrogens (tertiary/aromatic N) is 2. The number of allylic oxidation sites excluding steroid dienone is 1. The molecule has 0 atom stereocenters. The summed E-state index contributed by atoms with van der Waals surface area (Å²) in [6, 6.07) is 11.5. The van der Waals surface area contributed by atoms with E-state index in [0.29, 0.717) is 5.02 Å². The Kier molecular flexibility index (Phi) is 5.11. The molecule has 0 bridgehead atoms. The second-order valence-corrected chi connectivity index (χ2v) is 7.82. The van der Waals surface area contributed by atoms with E-state index in [4.69, 9.17) is 11.6 Å². The maximum absolute atomic E-state index is 11.1. The Morgan fingerprint density at radius 1 is 1.22 bits per heavy atom. The molecular weight excluding hydrogens is 358 g/mol. The van der Waals surface area contributed by atoms with Gasteiger partial charge in [0.1, 0.15) is 0 Å². The van der Waals surface area contributed by atoms with Crippen molar-refractivity contribution >= 4 is 46.4 Å². The van der Waals surface area contributed by atoms with Crippen molar-refractivity contribution in [2.75, 3.05) is 17.3 Å². The monoisotopic (exact) mass is 381 g/mol. The second kappa shape index (κ2) is 7.20. The Hall–Kier alpha value is -2.59. The van der Waals surface area contributed by atoms with E-state index in [1.807, 2.05) is 30.3 Å². The number of carbonyl (C=O) groups excluding carboxylic acids is 1. The molecule has 4 nitrogen and oxygen atoms in total. The number of aliphatic imine (C=N–C) groups is 1. The molecule has 3 rings (SSSR count). The Labute approximate surface area is 165 Å². The Balaban J connectivity index is 1.89. The summed E-state index contributed by atoms with van der Waals surface area (Å²) in [5.41, 5.74) is 5.90. The summed E-state index contributed by atoms with van der Waals surface area (Å²) in [4.78, 5) is 17.9. The van der Waals surface area contributed by atoms with Gasteiger partial charge < -0.3 is 10.2 Å². The van der Waals surface area contributed by atoms with Crippen LogP contribution in [-0.4, -0.2) is 24.7 Å². The summed E-state index contributed by atoms with van der Waals surface area (Å²) >= 11 is 6.53.